The molecule has 1 saturated carbocycles. The summed E-state index contributed by atoms with van der Waals surface area (Å²) >= 11 is 0. The zero-order chi connectivity index (χ0) is 26.2. The van der Waals surface area contributed by atoms with E-state index in [1.807, 2.05) is 30.3 Å². The molecule has 0 saturated heterocycles. The molecular formula is C33H40N2O3. The van der Waals surface area contributed by atoms with Crippen LogP contribution >= 0.6 is 0 Å². The molecule has 0 radical (unpaired) electrons. The monoisotopic (exact) mass is 512 g/mol. The Labute approximate surface area is 227 Å². The number of para-hydroxylation sites is 3. The van der Waals surface area contributed by atoms with Gasteiger partial charge in [0.25, 0.3) is 0 Å². The number of hydrogen-bond donors (Lipinski definition) is 1. The minimum Gasteiger partial charge on any atom is -0.493 e. The standard InChI is InChI=1S/C33H40N2O3/c1-37-30-18-10-11-19-31(30)38-23-22-35(24-25-12-4-2-5-13-25)32(33(36)27-15-6-3-7-16-27)29-21-20-26-14-8-9-17-28(26)34-29/h2,4-5,8-14,17-19,27,29,32,34H,3,6-7,15-16,20-24H2,1H3. The molecule has 1 aliphatic heterocycles. The highest BCUT2D eigenvalue weighted by Crippen LogP contribution is 2.33. The van der Waals surface area contributed by atoms with Crippen LogP contribution in [0, 0.1) is 5.92 Å². The summed E-state index contributed by atoms with van der Waals surface area (Å²) < 4.78 is 11.7. The van der Waals surface area contributed by atoms with Gasteiger partial charge in [-0.2, -0.15) is 0 Å². The third kappa shape index (κ3) is 6.39. The molecule has 0 aromatic heterocycles. The lowest BCUT2D eigenvalue weighted by molar-refractivity contribution is -0.130. The van der Waals surface area contributed by atoms with Gasteiger partial charge in [-0.15, -0.1) is 0 Å². The highest BCUT2D eigenvalue weighted by Gasteiger charge is 2.39. The van der Waals surface area contributed by atoms with E-state index < -0.39 is 0 Å². The van der Waals surface area contributed by atoms with Gasteiger partial charge < -0.3 is 14.8 Å². The van der Waals surface area contributed by atoms with Crippen LogP contribution in [0.2, 0.25) is 0 Å². The molecule has 1 N–H and O–H groups in total. The van der Waals surface area contributed by atoms with Crippen LogP contribution in [0.4, 0.5) is 5.69 Å². The average molecular weight is 513 g/mol. The molecular weight excluding hydrogens is 472 g/mol. The predicted octanol–water partition coefficient (Wildman–Crippen LogP) is 6.52. The molecule has 200 valence electrons. The fourth-order valence-electron chi connectivity index (χ4n) is 6.11. The van der Waals surface area contributed by atoms with E-state index >= 15 is 0 Å². The van der Waals surface area contributed by atoms with Crippen molar-refractivity contribution in [3.05, 3.63) is 90.0 Å². The molecule has 1 heterocycles. The number of nitrogens with zero attached hydrogens (tertiary/aromatic N) is 1. The van der Waals surface area contributed by atoms with Gasteiger partial charge in [0, 0.05) is 30.7 Å². The molecule has 38 heavy (non-hydrogen) atoms. The second-order valence-corrected chi connectivity index (χ2v) is 10.6. The van der Waals surface area contributed by atoms with Crippen molar-refractivity contribution >= 4 is 11.5 Å². The summed E-state index contributed by atoms with van der Waals surface area (Å²) in [6.45, 7) is 1.83. The number of hydrogen-bond acceptors (Lipinski definition) is 5. The van der Waals surface area contributed by atoms with E-state index in [1.165, 1.54) is 17.5 Å². The normalized spacial score (nSPS) is 18.3. The van der Waals surface area contributed by atoms with Crippen molar-refractivity contribution in [2.45, 2.75) is 63.6 Å². The van der Waals surface area contributed by atoms with Crippen molar-refractivity contribution in [2.24, 2.45) is 5.92 Å². The summed E-state index contributed by atoms with van der Waals surface area (Å²) in [5, 5.41) is 3.79. The second kappa shape index (κ2) is 13.0. The number of ether oxygens (including phenoxy) is 2. The summed E-state index contributed by atoms with van der Waals surface area (Å²) in [7, 11) is 1.66. The molecule has 1 aliphatic carbocycles. The van der Waals surface area contributed by atoms with Crippen LogP contribution < -0.4 is 14.8 Å². The third-order valence-corrected chi connectivity index (χ3v) is 8.09. The van der Waals surface area contributed by atoms with Gasteiger partial charge in [-0.25, -0.2) is 0 Å². The second-order valence-electron chi connectivity index (χ2n) is 10.6. The van der Waals surface area contributed by atoms with E-state index in [0.717, 1.165) is 55.7 Å². The molecule has 0 spiro atoms. The number of fused-ring (bicyclic) bond motifs is 1. The molecule has 0 bridgehead atoms. The van der Waals surface area contributed by atoms with Gasteiger partial charge in [0.2, 0.25) is 0 Å². The lowest BCUT2D eigenvalue weighted by Gasteiger charge is -2.41. The van der Waals surface area contributed by atoms with Crippen molar-refractivity contribution in [1.82, 2.24) is 4.90 Å². The first kappa shape index (κ1) is 26.3. The van der Waals surface area contributed by atoms with Crippen LogP contribution in [0.15, 0.2) is 78.9 Å². The van der Waals surface area contributed by atoms with E-state index in [-0.39, 0.29) is 18.0 Å². The minimum absolute atomic E-state index is 0.0642. The quantitative estimate of drug-likeness (QED) is 0.317. The number of ketones is 1. The molecule has 1 fully saturated rings. The summed E-state index contributed by atoms with van der Waals surface area (Å²) in [5.41, 5.74) is 3.71. The van der Waals surface area contributed by atoms with E-state index in [4.69, 9.17) is 9.47 Å². The Morgan fingerprint density at radius 3 is 2.39 bits per heavy atom. The first-order valence-electron chi connectivity index (χ1n) is 14.1. The van der Waals surface area contributed by atoms with E-state index in [1.54, 1.807) is 7.11 Å². The van der Waals surface area contributed by atoms with Crippen LogP contribution in [-0.4, -0.2) is 43.0 Å². The topological polar surface area (TPSA) is 50.8 Å². The number of anilines is 1. The average Bonchev–Trinajstić information content (AvgIpc) is 2.98. The fraction of sp³-hybridized carbons (Fsp3) is 0.424. The zero-order valence-corrected chi connectivity index (χ0v) is 22.5. The Bertz CT molecular complexity index is 1180. The molecule has 2 unspecified atom stereocenters. The van der Waals surface area contributed by atoms with Gasteiger partial charge in [0.15, 0.2) is 17.3 Å². The molecule has 2 atom stereocenters. The zero-order valence-electron chi connectivity index (χ0n) is 22.5. The maximum atomic E-state index is 14.3. The van der Waals surface area contributed by atoms with Crippen molar-refractivity contribution < 1.29 is 14.3 Å². The summed E-state index contributed by atoms with van der Waals surface area (Å²) in [4.78, 5) is 16.7. The van der Waals surface area contributed by atoms with Crippen LogP contribution in [0.5, 0.6) is 11.5 Å². The van der Waals surface area contributed by atoms with Crippen LogP contribution in [-0.2, 0) is 17.8 Å². The first-order chi connectivity index (χ1) is 18.7. The fourth-order valence-corrected chi connectivity index (χ4v) is 6.11. The molecule has 5 nitrogen and oxygen atoms in total. The van der Waals surface area contributed by atoms with Crippen molar-refractivity contribution in [1.29, 1.82) is 0 Å². The summed E-state index contributed by atoms with van der Waals surface area (Å²) in [6, 6.07) is 26.6. The molecule has 3 aromatic rings. The van der Waals surface area contributed by atoms with Gasteiger partial charge in [0.1, 0.15) is 6.61 Å². The van der Waals surface area contributed by atoms with Crippen LogP contribution in [0.3, 0.4) is 0 Å². The van der Waals surface area contributed by atoms with Crippen LogP contribution in [0.1, 0.15) is 49.7 Å². The molecule has 0 amide bonds. The van der Waals surface area contributed by atoms with Gasteiger partial charge in [-0.05, 0) is 55.0 Å². The van der Waals surface area contributed by atoms with Gasteiger partial charge in [0.05, 0.1) is 13.2 Å². The number of methoxy groups -OCH3 is 1. The Kier molecular flexibility index (Phi) is 8.98. The van der Waals surface area contributed by atoms with Gasteiger partial charge in [-0.3, -0.25) is 9.69 Å². The highest BCUT2D eigenvalue weighted by atomic mass is 16.5. The Balaban J connectivity index is 1.42. The Morgan fingerprint density at radius 2 is 1.61 bits per heavy atom. The lowest BCUT2D eigenvalue weighted by Crippen LogP contribution is -2.55. The number of aryl methyl sites for hydroxylation is 1. The molecule has 2 aliphatic rings. The number of carbonyl (C=O) groups is 1. The number of Topliss-reactive ketones (excluding diaryl/α,β-unsaturated/α-hetero) is 1. The molecule has 5 heteroatoms. The number of benzene rings is 3. The maximum Gasteiger partial charge on any atom is 0.161 e. The highest BCUT2D eigenvalue weighted by molar-refractivity contribution is 5.88. The molecule has 3 aromatic carbocycles. The summed E-state index contributed by atoms with van der Waals surface area (Å²) in [5.74, 6) is 1.99. The number of carbonyl (C=O) groups excluding carboxylic acids is 1. The largest absolute Gasteiger partial charge is 0.493 e. The minimum atomic E-state index is -0.215. The van der Waals surface area contributed by atoms with E-state index in [2.05, 4.69) is 58.7 Å². The predicted molar refractivity (Wildman–Crippen MR) is 153 cm³/mol. The van der Waals surface area contributed by atoms with Crippen molar-refractivity contribution in [2.75, 3.05) is 25.6 Å². The lowest BCUT2D eigenvalue weighted by atomic mass is 9.80. The molecule has 5 rings (SSSR count). The van der Waals surface area contributed by atoms with Gasteiger partial charge >= 0.3 is 0 Å². The smallest absolute Gasteiger partial charge is 0.161 e. The SMILES string of the molecule is COc1ccccc1OCCN(Cc1ccccc1)C(C(=O)C1CCCCC1)C1CCc2ccccc2N1. The van der Waals surface area contributed by atoms with E-state index in [9.17, 15) is 4.79 Å². The first-order valence-corrected chi connectivity index (χ1v) is 14.1. The number of nitrogens with one attached hydrogen (secondary N) is 1. The third-order valence-electron chi connectivity index (χ3n) is 8.09. The van der Waals surface area contributed by atoms with E-state index in [0.29, 0.717) is 25.5 Å². The summed E-state index contributed by atoms with van der Waals surface area (Å²) in [6.07, 6.45) is 7.49. The Morgan fingerprint density at radius 1 is 0.895 bits per heavy atom. The van der Waals surface area contributed by atoms with Crippen LogP contribution in [0.25, 0.3) is 0 Å². The number of rotatable bonds is 11. The van der Waals surface area contributed by atoms with Gasteiger partial charge in [-0.1, -0.05) is 79.9 Å². The van der Waals surface area contributed by atoms with Crippen molar-refractivity contribution in [3.63, 3.8) is 0 Å². The maximum absolute atomic E-state index is 14.3. The van der Waals surface area contributed by atoms with Crippen molar-refractivity contribution in [3.8, 4) is 11.5 Å². The Hall–Kier alpha value is -3.31.